The van der Waals surface area contributed by atoms with Gasteiger partial charge in [-0.1, -0.05) is 0 Å². The van der Waals surface area contributed by atoms with Crippen molar-refractivity contribution in [1.82, 2.24) is 0 Å². The van der Waals surface area contributed by atoms with Crippen LogP contribution >= 0.6 is 0 Å². The summed E-state index contributed by atoms with van der Waals surface area (Å²) in [5.74, 6) is -0.471. The van der Waals surface area contributed by atoms with E-state index in [1.165, 1.54) is 6.92 Å². The highest BCUT2D eigenvalue weighted by Crippen LogP contribution is 2.14. The lowest BCUT2D eigenvalue weighted by Crippen LogP contribution is -2.09. The van der Waals surface area contributed by atoms with Crippen LogP contribution in [0.4, 0.5) is 0 Å². The zero-order valence-electron chi connectivity index (χ0n) is 4.92. The molecular formula is C5H6O4. The molecule has 0 spiro atoms. The summed E-state index contributed by atoms with van der Waals surface area (Å²) in [6, 6.07) is 0. The molecule has 1 rings (SSSR count). The normalized spacial score (nSPS) is 17.4. The topological polar surface area (TPSA) is 59.2 Å². The molecule has 4 heteroatoms. The van der Waals surface area contributed by atoms with Gasteiger partial charge in [-0.3, -0.25) is 9.59 Å². The number of hydrogen-bond donors (Lipinski definition) is 0. The van der Waals surface area contributed by atoms with Gasteiger partial charge >= 0.3 is 0 Å². The zero-order chi connectivity index (χ0) is 6.85. The fraction of sp³-hybridized carbons (Fsp3) is 0.600. The van der Waals surface area contributed by atoms with Crippen molar-refractivity contribution in [2.24, 2.45) is 0 Å². The molecule has 50 valence electrons. The quantitative estimate of drug-likeness (QED) is 0.302. The smallest absolute Gasteiger partial charge is 0.282 e. The van der Waals surface area contributed by atoms with Crippen molar-refractivity contribution in [3.05, 3.63) is 0 Å². The Morgan fingerprint density at radius 1 is 1.44 bits per heavy atom. The predicted molar refractivity (Wildman–Crippen MR) is 26.3 cm³/mol. The Labute approximate surface area is 51.7 Å². The predicted octanol–water partition coefficient (Wildman–Crippen LogP) is -0.177. The first-order valence-electron chi connectivity index (χ1n) is 2.54. The first kappa shape index (κ1) is 6.38. The minimum Gasteiger partial charge on any atom is -0.300 e. The zero-order valence-corrected chi connectivity index (χ0v) is 4.92. The van der Waals surface area contributed by atoms with Crippen molar-refractivity contribution in [2.75, 3.05) is 0 Å². The fourth-order valence-electron chi connectivity index (χ4n) is 0.464. The minimum absolute atomic E-state index is 0.0926. The molecule has 1 fully saturated rings. The van der Waals surface area contributed by atoms with Crippen molar-refractivity contribution in [1.29, 1.82) is 0 Å². The Bertz CT molecular complexity index is 147. The maximum Gasteiger partial charge on any atom is 0.282 e. The van der Waals surface area contributed by atoms with Gasteiger partial charge in [0.2, 0.25) is 5.78 Å². The van der Waals surface area contributed by atoms with Crippen LogP contribution in [0, 0.1) is 0 Å². The van der Waals surface area contributed by atoms with Crippen LogP contribution in [-0.4, -0.2) is 17.9 Å². The molecule has 0 aromatic carbocycles. The highest BCUT2D eigenvalue weighted by Gasteiger charge is 2.34. The van der Waals surface area contributed by atoms with Gasteiger partial charge in [-0.05, 0) is 6.92 Å². The maximum absolute atomic E-state index is 10.5. The Hall–Kier alpha value is -0.740. The van der Waals surface area contributed by atoms with E-state index >= 15 is 0 Å². The molecule has 0 aliphatic carbocycles. The first-order valence-corrected chi connectivity index (χ1v) is 2.54. The molecule has 9 heavy (non-hydrogen) atoms. The molecule has 4 nitrogen and oxygen atoms in total. The van der Waals surface area contributed by atoms with Crippen LogP contribution in [0.5, 0.6) is 0 Å². The molecule has 1 aliphatic heterocycles. The summed E-state index contributed by atoms with van der Waals surface area (Å²) >= 11 is 0. The molecule has 0 radical (unpaired) electrons. The van der Waals surface area contributed by atoms with Crippen LogP contribution < -0.4 is 0 Å². The second-order valence-corrected chi connectivity index (χ2v) is 1.87. The van der Waals surface area contributed by atoms with Crippen molar-refractivity contribution in [3.8, 4) is 0 Å². The average Bonchev–Trinajstić information content (AvgIpc) is 2.40. The molecule has 0 aromatic rings. The van der Waals surface area contributed by atoms with Gasteiger partial charge in [-0.2, -0.15) is 9.78 Å². The van der Waals surface area contributed by atoms with E-state index in [1.807, 2.05) is 0 Å². The Balaban J connectivity index is 2.26. The van der Waals surface area contributed by atoms with Crippen molar-refractivity contribution in [2.45, 2.75) is 19.6 Å². The van der Waals surface area contributed by atoms with Gasteiger partial charge in [0.05, 0.1) is 6.42 Å². The molecule has 1 heterocycles. The second-order valence-electron chi connectivity index (χ2n) is 1.87. The van der Waals surface area contributed by atoms with Gasteiger partial charge in [-0.25, -0.2) is 0 Å². The summed E-state index contributed by atoms with van der Waals surface area (Å²) in [5.41, 5.74) is 0. The van der Waals surface area contributed by atoms with Crippen LogP contribution in [0.15, 0.2) is 0 Å². The third kappa shape index (κ3) is 1.91. The molecule has 0 aromatic heterocycles. The van der Waals surface area contributed by atoms with Crippen LogP contribution in [0.25, 0.3) is 0 Å². The minimum atomic E-state index is -0.756. The summed E-state index contributed by atoms with van der Waals surface area (Å²) in [4.78, 5) is 29.1. The molecule has 1 aliphatic rings. The number of carbonyl (C=O) groups is 2. The lowest BCUT2D eigenvalue weighted by molar-refractivity contribution is -0.126. The fourth-order valence-corrected chi connectivity index (χ4v) is 0.464. The highest BCUT2D eigenvalue weighted by atomic mass is 17.4. The van der Waals surface area contributed by atoms with E-state index in [1.54, 1.807) is 0 Å². The van der Waals surface area contributed by atoms with Gasteiger partial charge in [0.15, 0.2) is 0 Å². The molecular weight excluding hydrogens is 124 g/mol. The molecule has 1 saturated heterocycles. The first-order chi connectivity index (χ1) is 4.20. The summed E-state index contributed by atoms with van der Waals surface area (Å²) < 4.78 is 0. The summed E-state index contributed by atoms with van der Waals surface area (Å²) in [6.07, 6.45) is -0.848. The molecule has 0 atom stereocenters. The number of hydrogen-bond acceptors (Lipinski definition) is 4. The largest absolute Gasteiger partial charge is 0.300 e. The van der Waals surface area contributed by atoms with E-state index < -0.39 is 6.29 Å². The maximum atomic E-state index is 10.5. The lowest BCUT2D eigenvalue weighted by Gasteiger charge is -1.84. The second kappa shape index (κ2) is 2.24. The van der Waals surface area contributed by atoms with E-state index in [2.05, 4.69) is 9.78 Å². The van der Waals surface area contributed by atoms with E-state index in [0.717, 1.165) is 0 Å². The monoisotopic (exact) mass is 130 g/mol. The molecule has 0 amide bonds. The summed E-state index contributed by atoms with van der Waals surface area (Å²) in [5, 5.41) is 0. The molecule has 0 bridgehead atoms. The van der Waals surface area contributed by atoms with Gasteiger partial charge in [0.1, 0.15) is 5.78 Å². The average molecular weight is 130 g/mol. The van der Waals surface area contributed by atoms with E-state index in [9.17, 15) is 9.59 Å². The number of Topliss-reactive ketones (excluding diaryl/α,β-unsaturated/α-hetero) is 2. The number of carbonyl (C=O) groups excluding carboxylic acids is 2. The molecule has 0 unspecified atom stereocenters. The van der Waals surface area contributed by atoms with E-state index in [-0.39, 0.29) is 18.0 Å². The van der Waals surface area contributed by atoms with Gasteiger partial charge < -0.3 is 0 Å². The van der Waals surface area contributed by atoms with Crippen molar-refractivity contribution >= 4 is 11.6 Å². The van der Waals surface area contributed by atoms with Crippen molar-refractivity contribution < 1.29 is 19.4 Å². The number of ketones is 2. The Morgan fingerprint density at radius 2 is 2.00 bits per heavy atom. The van der Waals surface area contributed by atoms with E-state index in [4.69, 9.17) is 0 Å². The van der Waals surface area contributed by atoms with Crippen LogP contribution in [0.1, 0.15) is 13.3 Å². The summed E-state index contributed by atoms with van der Waals surface area (Å²) in [7, 11) is 0. The SMILES string of the molecule is CC(=O)CC(=O)C1OO1. The molecule has 0 N–H and O–H groups in total. The van der Waals surface area contributed by atoms with Crippen LogP contribution in [0.3, 0.4) is 0 Å². The van der Waals surface area contributed by atoms with Crippen LogP contribution in [0.2, 0.25) is 0 Å². The van der Waals surface area contributed by atoms with Gasteiger partial charge in [0.25, 0.3) is 6.29 Å². The Morgan fingerprint density at radius 3 is 2.33 bits per heavy atom. The Kier molecular flexibility index (Phi) is 1.59. The van der Waals surface area contributed by atoms with Crippen molar-refractivity contribution in [3.63, 3.8) is 0 Å². The number of rotatable bonds is 3. The standard InChI is InChI=1S/C5H6O4/c1-3(6)2-4(7)5-8-9-5/h5H,2H2,1H3. The molecule has 0 saturated carbocycles. The summed E-state index contributed by atoms with van der Waals surface area (Å²) in [6.45, 7) is 1.35. The lowest BCUT2D eigenvalue weighted by atomic mass is 10.2. The van der Waals surface area contributed by atoms with E-state index in [0.29, 0.717) is 0 Å². The van der Waals surface area contributed by atoms with Gasteiger partial charge in [0, 0.05) is 0 Å². The van der Waals surface area contributed by atoms with Crippen LogP contribution in [-0.2, 0) is 19.4 Å². The highest BCUT2D eigenvalue weighted by molar-refractivity contribution is 5.99. The third-order valence-electron chi connectivity index (χ3n) is 0.879. The third-order valence-corrected chi connectivity index (χ3v) is 0.879. The van der Waals surface area contributed by atoms with Gasteiger partial charge in [-0.15, -0.1) is 0 Å².